The quantitative estimate of drug-likeness (QED) is 0.444. The first-order valence-electron chi connectivity index (χ1n) is 10.7. The summed E-state index contributed by atoms with van der Waals surface area (Å²) in [4.78, 5) is 10.5. The molecule has 3 aliphatic heterocycles. The second kappa shape index (κ2) is 6.87. The van der Waals surface area contributed by atoms with Crippen LogP contribution < -0.4 is 9.67 Å². The molecule has 33 heavy (non-hydrogen) atoms. The van der Waals surface area contributed by atoms with Crippen molar-refractivity contribution in [1.82, 2.24) is 0 Å². The Bertz CT molecular complexity index is 1490. The number of sulfone groups is 1. The maximum atomic E-state index is 12.8. The van der Waals surface area contributed by atoms with E-state index in [1.165, 1.54) is 23.8 Å². The van der Waals surface area contributed by atoms with Gasteiger partial charge in [-0.2, -0.15) is 4.57 Å². The van der Waals surface area contributed by atoms with Crippen molar-refractivity contribution in [2.75, 3.05) is 0 Å². The lowest BCUT2D eigenvalue weighted by Gasteiger charge is -2.33. The van der Waals surface area contributed by atoms with E-state index in [0.29, 0.717) is 0 Å². The SMILES string of the molecule is CC1(C)c2ccccc2-[n+]2ccc(C3OOC3/C=C/C3=C([O-])c4ccccc4S3(=O)=O)cc21. The summed E-state index contributed by atoms with van der Waals surface area (Å²) in [6, 6.07) is 18.7. The van der Waals surface area contributed by atoms with Gasteiger partial charge in [0.15, 0.2) is 18.0 Å². The Balaban J connectivity index is 1.30. The molecule has 0 spiro atoms. The largest absolute Gasteiger partial charge is 0.871 e. The minimum atomic E-state index is -3.83. The van der Waals surface area contributed by atoms with Crippen LogP contribution in [0.15, 0.2) is 88.8 Å². The van der Waals surface area contributed by atoms with Gasteiger partial charge in [-0.15, -0.1) is 0 Å². The Morgan fingerprint density at radius 3 is 2.55 bits per heavy atom. The number of allylic oxidation sites excluding steroid dienone is 1. The van der Waals surface area contributed by atoms with Crippen molar-refractivity contribution < 1.29 is 27.9 Å². The van der Waals surface area contributed by atoms with E-state index in [1.54, 1.807) is 18.2 Å². The van der Waals surface area contributed by atoms with Crippen LogP contribution in [-0.4, -0.2) is 14.5 Å². The Morgan fingerprint density at radius 1 is 1.03 bits per heavy atom. The van der Waals surface area contributed by atoms with Crippen molar-refractivity contribution in [3.05, 3.63) is 106 Å². The fraction of sp³-hybridized carbons (Fsp3) is 0.192. The van der Waals surface area contributed by atoms with Gasteiger partial charge >= 0.3 is 0 Å². The number of nitrogens with zero attached hydrogens (tertiary/aromatic N) is 1. The van der Waals surface area contributed by atoms with Crippen molar-refractivity contribution in [2.24, 2.45) is 0 Å². The standard InChI is InChI=1S/C26H21NO5S/c1-26(2)18-8-4-5-9-19(18)27-14-13-16(15-23(26)27)25-20(31-32-25)11-12-22-24(28)17-7-3-6-10-21(17)33(22,29)30/h3-15,20,25H,1-2H3/b12-11+. The molecule has 2 unspecified atom stereocenters. The van der Waals surface area contributed by atoms with E-state index in [4.69, 9.17) is 9.78 Å². The van der Waals surface area contributed by atoms with E-state index in [1.807, 2.05) is 24.4 Å². The number of aromatic nitrogens is 1. The summed E-state index contributed by atoms with van der Waals surface area (Å²) in [7, 11) is -3.83. The number of rotatable bonds is 3. The summed E-state index contributed by atoms with van der Waals surface area (Å²) in [5, 5.41) is 12.6. The molecule has 0 bridgehead atoms. The van der Waals surface area contributed by atoms with Gasteiger partial charge in [-0.05, 0) is 43.2 Å². The average molecular weight is 460 g/mol. The monoisotopic (exact) mass is 459 g/mol. The molecule has 0 radical (unpaired) electrons. The van der Waals surface area contributed by atoms with Crippen LogP contribution in [0.5, 0.6) is 0 Å². The fourth-order valence-corrected chi connectivity index (χ4v) is 6.45. The maximum Gasteiger partial charge on any atom is 0.215 e. The Kier molecular flexibility index (Phi) is 4.24. The van der Waals surface area contributed by atoms with Crippen molar-refractivity contribution in [2.45, 2.75) is 36.4 Å². The molecule has 0 amide bonds. The van der Waals surface area contributed by atoms with E-state index in [9.17, 15) is 13.5 Å². The van der Waals surface area contributed by atoms with Crippen LogP contribution in [0.25, 0.3) is 11.4 Å². The highest BCUT2D eigenvalue weighted by Crippen LogP contribution is 2.41. The molecular weight excluding hydrogens is 438 g/mol. The van der Waals surface area contributed by atoms with Crippen molar-refractivity contribution in [3.63, 3.8) is 0 Å². The first-order valence-corrected chi connectivity index (χ1v) is 12.2. The summed E-state index contributed by atoms with van der Waals surface area (Å²) >= 11 is 0. The van der Waals surface area contributed by atoms with Gasteiger partial charge in [-0.3, -0.25) is 0 Å². The van der Waals surface area contributed by atoms with Gasteiger partial charge in [0, 0.05) is 23.8 Å². The predicted octanol–water partition coefficient (Wildman–Crippen LogP) is 3.05. The number of para-hydroxylation sites is 1. The third-order valence-electron chi connectivity index (χ3n) is 6.73. The third kappa shape index (κ3) is 2.80. The molecule has 6 rings (SSSR count). The molecule has 1 aromatic heterocycles. The second-order valence-corrected chi connectivity index (χ2v) is 10.9. The van der Waals surface area contributed by atoms with Gasteiger partial charge in [0.05, 0.1) is 15.2 Å². The first kappa shape index (κ1) is 20.4. The molecule has 3 aromatic rings. The number of pyridine rings is 1. The summed E-state index contributed by atoms with van der Waals surface area (Å²) in [5.74, 6) is -0.493. The molecule has 3 aliphatic rings. The van der Waals surface area contributed by atoms with Crippen LogP contribution in [0.4, 0.5) is 0 Å². The van der Waals surface area contributed by atoms with E-state index >= 15 is 0 Å². The van der Waals surface area contributed by atoms with Gasteiger partial charge in [-0.1, -0.05) is 42.2 Å². The lowest BCUT2D eigenvalue weighted by Crippen LogP contribution is -2.37. The number of benzene rings is 2. The molecule has 166 valence electrons. The van der Waals surface area contributed by atoms with Crippen molar-refractivity contribution in [3.8, 4) is 5.69 Å². The molecule has 0 aliphatic carbocycles. The Morgan fingerprint density at radius 2 is 1.79 bits per heavy atom. The summed E-state index contributed by atoms with van der Waals surface area (Å²) < 4.78 is 27.8. The Labute approximate surface area is 191 Å². The molecule has 0 N–H and O–H groups in total. The smallest absolute Gasteiger partial charge is 0.215 e. The van der Waals surface area contributed by atoms with Gasteiger partial charge in [0.1, 0.15) is 6.10 Å². The lowest BCUT2D eigenvalue weighted by molar-refractivity contribution is -0.600. The zero-order valence-corrected chi connectivity index (χ0v) is 18.9. The molecule has 1 fully saturated rings. The molecule has 2 atom stereocenters. The van der Waals surface area contributed by atoms with Crippen LogP contribution in [-0.2, 0) is 25.0 Å². The average Bonchev–Trinajstić information content (AvgIpc) is 3.13. The highest BCUT2D eigenvalue weighted by molar-refractivity contribution is 7.96. The third-order valence-corrected chi connectivity index (χ3v) is 8.56. The van der Waals surface area contributed by atoms with Gasteiger partial charge in [0.2, 0.25) is 15.5 Å². The number of hydrogen-bond acceptors (Lipinski definition) is 5. The van der Waals surface area contributed by atoms with Gasteiger partial charge in [0.25, 0.3) is 0 Å². The minimum absolute atomic E-state index is 0.0504. The van der Waals surface area contributed by atoms with E-state index < -0.39 is 27.8 Å². The van der Waals surface area contributed by atoms with Crippen molar-refractivity contribution >= 4 is 15.6 Å². The van der Waals surface area contributed by atoms with Crippen LogP contribution in [0.1, 0.15) is 42.3 Å². The zero-order valence-electron chi connectivity index (χ0n) is 18.1. The van der Waals surface area contributed by atoms with Crippen LogP contribution in [0.2, 0.25) is 0 Å². The van der Waals surface area contributed by atoms with Crippen molar-refractivity contribution in [1.29, 1.82) is 0 Å². The van der Waals surface area contributed by atoms with Crippen LogP contribution in [0, 0.1) is 0 Å². The highest BCUT2D eigenvalue weighted by atomic mass is 32.2. The summed E-state index contributed by atoms with van der Waals surface area (Å²) in [6.45, 7) is 4.38. The molecule has 7 heteroatoms. The predicted molar refractivity (Wildman–Crippen MR) is 118 cm³/mol. The van der Waals surface area contributed by atoms with Gasteiger partial charge < -0.3 is 5.11 Å². The zero-order chi connectivity index (χ0) is 23.0. The maximum absolute atomic E-state index is 12.8. The van der Waals surface area contributed by atoms with E-state index in [0.717, 1.165) is 16.9 Å². The molecule has 4 heterocycles. The van der Waals surface area contributed by atoms with E-state index in [2.05, 4.69) is 36.6 Å². The molecule has 0 saturated carbocycles. The van der Waals surface area contributed by atoms with Gasteiger partial charge in [-0.25, -0.2) is 18.2 Å². The minimum Gasteiger partial charge on any atom is -0.871 e. The fourth-order valence-electron chi connectivity index (χ4n) is 4.90. The first-order chi connectivity index (χ1) is 15.8. The Hall–Kier alpha value is -3.26. The number of hydrogen-bond donors (Lipinski definition) is 0. The summed E-state index contributed by atoms with van der Waals surface area (Å²) in [5.41, 5.74) is 4.51. The van der Waals surface area contributed by atoms with Crippen LogP contribution >= 0.6 is 0 Å². The topological polar surface area (TPSA) is 79.5 Å². The summed E-state index contributed by atoms with van der Waals surface area (Å²) in [6.07, 6.45) is 4.06. The highest BCUT2D eigenvalue weighted by Gasteiger charge is 2.45. The van der Waals surface area contributed by atoms with Crippen LogP contribution in [0.3, 0.4) is 0 Å². The molecular formula is C26H21NO5S. The second-order valence-electron chi connectivity index (χ2n) is 8.99. The normalized spacial score (nSPS) is 23.8. The molecule has 6 nitrogen and oxygen atoms in total. The van der Waals surface area contributed by atoms with E-state index in [-0.39, 0.29) is 20.8 Å². The number of fused-ring (bicyclic) bond motifs is 4. The molecule has 2 aromatic carbocycles. The lowest BCUT2D eigenvalue weighted by atomic mass is 9.82. The molecule has 1 saturated heterocycles.